The Kier molecular flexibility index (Phi) is 12.0. The van der Waals surface area contributed by atoms with E-state index in [9.17, 15) is 28.8 Å². The molecular formula is C52H56N6O7. The number of ether oxygens (including phenoxy) is 1. The van der Waals surface area contributed by atoms with Crippen molar-refractivity contribution in [2.24, 2.45) is 23.7 Å². The Morgan fingerprint density at radius 3 is 0.846 bits per heavy atom. The lowest BCUT2D eigenvalue weighted by molar-refractivity contribution is -0.141. The molecule has 0 bridgehead atoms. The summed E-state index contributed by atoms with van der Waals surface area (Å²) in [5.41, 5.74) is 4.61. The standard InChI is InChI=1S/C52H56N6O7/c59-47(57-25-39(49(61)53-43-21-35(43)31-13-5-1-6-14-31)40(26-57)50(62)54-44-22-36(44)32-15-7-2-8-16-32)29-65-30-48(60)58-27-41(51(63)55-45-23-37(45)33-17-9-3-10-18-33)42(28-58)52(64)56-46-24-38(46)34-19-11-4-12-20-34/h1-20,35-46H,21-30H2,(H,53,61)(H,54,62)(H,55,63)(H,56,64)/t35-,36-,37-,38-,39-,40-,41-,42-,43+,44+,45+,46+/m1/s1. The van der Waals surface area contributed by atoms with Crippen molar-refractivity contribution in [2.45, 2.75) is 73.5 Å². The summed E-state index contributed by atoms with van der Waals surface area (Å²) in [7, 11) is 0. The summed E-state index contributed by atoms with van der Waals surface area (Å²) in [5.74, 6) is -4.06. The Balaban J connectivity index is 0.751. The second kappa shape index (κ2) is 18.3. The molecule has 6 amide bonds. The van der Waals surface area contributed by atoms with E-state index < -0.39 is 48.7 Å². The number of amides is 6. The van der Waals surface area contributed by atoms with Gasteiger partial charge < -0.3 is 35.8 Å². The van der Waals surface area contributed by atoms with Gasteiger partial charge in [0.2, 0.25) is 35.4 Å². The van der Waals surface area contributed by atoms with Crippen LogP contribution >= 0.6 is 0 Å². The number of nitrogens with zero attached hydrogens (tertiary/aromatic N) is 2. The maximum atomic E-state index is 13.9. The molecule has 12 atom stereocenters. The molecule has 6 aliphatic rings. The van der Waals surface area contributed by atoms with Gasteiger partial charge in [-0.05, 0) is 47.9 Å². The van der Waals surface area contributed by atoms with Crippen molar-refractivity contribution in [3.05, 3.63) is 144 Å². The van der Waals surface area contributed by atoms with Crippen molar-refractivity contribution in [3.8, 4) is 0 Å². The van der Waals surface area contributed by atoms with Crippen molar-refractivity contribution in [1.82, 2.24) is 31.1 Å². The van der Waals surface area contributed by atoms with Crippen LogP contribution < -0.4 is 21.3 Å². The summed E-state index contributed by atoms with van der Waals surface area (Å²) in [6.07, 6.45) is 3.23. The minimum atomic E-state index is -0.750. The first-order valence-electron chi connectivity index (χ1n) is 23.2. The number of carbonyl (C=O) groups excluding carboxylic acids is 6. The van der Waals surface area contributed by atoms with Crippen LogP contribution in [0, 0.1) is 23.7 Å². The van der Waals surface area contributed by atoms with E-state index in [4.69, 9.17) is 4.74 Å². The molecule has 0 radical (unpaired) electrons. The van der Waals surface area contributed by atoms with Gasteiger partial charge in [0.25, 0.3) is 0 Å². The number of rotatable bonds is 16. The Morgan fingerprint density at radius 1 is 0.385 bits per heavy atom. The zero-order chi connectivity index (χ0) is 44.6. The fourth-order valence-electron chi connectivity index (χ4n) is 10.3. The third-order valence-electron chi connectivity index (χ3n) is 14.5. The minimum absolute atomic E-state index is 0.0413. The topological polar surface area (TPSA) is 166 Å². The van der Waals surface area contributed by atoms with Gasteiger partial charge in [0.05, 0.1) is 23.7 Å². The largest absolute Gasteiger partial charge is 0.362 e. The van der Waals surface area contributed by atoms with Gasteiger partial charge in [-0.15, -0.1) is 0 Å². The average molecular weight is 877 g/mol. The maximum absolute atomic E-state index is 13.9. The van der Waals surface area contributed by atoms with E-state index >= 15 is 0 Å². The van der Waals surface area contributed by atoms with Gasteiger partial charge in [-0.2, -0.15) is 0 Å². The molecule has 336 valence electrons. The van der Waals surface area contributed by atoms with Gasteiger partial charge >= 0.3 is 0 Å². The van der Waals surface area contributed by atoms with Crippen LogP contribution in [0.25, 0.3) is 0 Å². The summed E-state index contributed by atoms with van der Waals surface area (Å²) >= 11 is 0. The highest BCUT2D eigenvalue weighted by Crippen LogP contribution is 2.44. The Hall–Kier alpha value is -6.34. The molecular weight excluding hydrogens is 821 g/mol. The first-order chi connectivity index (χ1) is 31.7. The van der Waals surface area contributed by atoms with Crippen LogP contribution in [-0.2, 0) is 33.5 Å². The highest BCUT2D eigenvalue weighted by atomic mass is 16.5. The Labute approximate surface area is 379 Å². The van der Waals surface area contributed by atoms with Gasteiger partial charge in [0, 0.05) is 74.0 Å². The van der Waals surface area contributed by atoms with E-state index in [-0.39, 0.29) is 97.6 Å². The fourth-order valence-corrected chi connectivity index (χ4v) is 10.3. The van der Waals surface area contributed by atoms with Crippen LogP contribution in [0.15, 0.2) is 121 Å². The molecule has 0 spiro atoms. The van der Waals surface area contributed by atoms with E-state index in [2.05, 4.69) is 21.3 Å². The second-order valence-corrected chi connectivity index (χ2v) is 19.0. The number of nitrogens with one attached hydrogen (secondary N) is 4. The molecule has 13 nitrogen and oxygen atoms in total. The summed E-state index contributed by atoms with van der Waals surface area (Å²) < 4.78 is 5.73. The second-order valence-electron chi connectivity index (χ2n) is 19.0. The van der Waals surface area contributed by atoms with Crippen LogP contribution in [0.5, 0.6) is 0 Å². The maximum Gasteiger partial charge on any atom is 0.248 e. The monoisotopic (exact) mass is 876 g/mol. The van der Waals surface area contributed by atoms with E-state index in [1.54, 1.807) is 0 Å². The highest BCUT2D eigenvalue weighted by molar-refractivity contribution is 5.92. The zero-order valence-electron chi connectivity index (χ0n) is 36.3. The molecule has 2 heterocycles. The summed E-state index contributed by atoms with van der Waals surface area (Å²) in [6, 6.07) is 39.9. The minimum Gasteiger partial charge on any atom is -0.362 e. The number of carbonyl (C=O) groups is 6. The van der Waals surface area contributed by atoms with Crippen LogP contribution in [-0.4, -0.2) is 109 Å². The van der Waals surface area contributed by atoms with E-state index in [0.29, 0.717) is 0 Å². The number of hydrogen-bond donors (Lipinski definition) is 4. The molecule has 4 N–H and O–H groups in total. The van der Waals surface area contributed by atoms with Crippen molar-refractivity contribution >= 4 is 35.4 Å². The number of likely N-dealkylation sites (tertiary alicyclic amines) is 2. The molecule has 0 aromatic heterocycles. The normalized spacial score (nSPS) is 30.5. The van der Waals surface area contributed by atoms with Gasteiger partial charge in [-0.25, -0.2) is 0 Å². The van der Waals surface area contributed by atoms with Crippen molar-refractivity contribution in [2.75, 3.05) is 39.4 Å². The molecule has 4 saturated carbocycles. The van der Waals surface area contributed by atoms with E-state index in [1.807, 2.05) is 121 Å². The quantitative estimate of drug-likeness (QED) is 0.133. The zero-order valence-corrected chi connectivity index (χ0v) is 36.3. The van der Waals surface area contributed by atoms with Gasteiger partial charge in [0.15, 0.2) is 0 Å². The van der Waals surface area contributed by atoms with Gasteiger partial charge in [-0.1, -0.05) is 121 Å². The average Bonchev–Trinajstić information content (AvgIpc) is 4.27. The van der Waals surface area contributed by atoms with Crippen LogP contribution in [0.4, 0.5) is 0 Å². The number of hydrogen-bond acceptors (Lipinski definition) is 7. The SMILES string of the molecule is O=C(N[C@H]1C[C@@H]1c1ccccc1)[C@@H]1CN(C(=O)COCC(=O)N2C[C@@H](C(=O)N[C@H]3C[C@@H]3c3ccccc3)[C@H](C(=O)N[C@H]3C[C@@H]3c3ccccc3)C2)C[C@H]1C(=O)N[C@H]1C[C@@H]1c1ccccc1. The molecule has 4 aromatic rings. The summed E-state index contributed by atoms with van der Waals surface area (Å²) in [5, 5.41) is 12.6. The lowest BCUT2D eigenvalue weighted by Crippen LogP contribution is -2.43. The van der Waals surface area contributed by atoms with Crippen LogP contribution in [0.3, 0.4) is 0 Å². The third-order valence-corrected chi connectivity index (χ3v) is 14.5. The van der Waals surface area contributed by atoms with Crippen LogP contribution in [0.2, 0.25) is 0 Å². The first kappa shape index (κ1) is 42.6. The molecule has 4 aromatic carbocycles. The van der Waals surface area contributed by atoms with E-state index in [1.165, 1.54) is 9.80 Å². The van der Waals surface area contributed by atoms with Crippen LogP contribution in [0.1, 0.15) is 71.6 Å². The highest BCUT2D eigenvalue weighted by Gasteiger charge is 2.51. The first-order valence-corrected chi connectivity index (χ1v) is 23.2. The van der Waals surface area contributed by atoms with Gasteiger partial charge in [0.1, 0.15) is 13.2 Å². The smallest absolute Gasteiger partial charge is 0.248 e. The summed E-state index contributed by atoms with van der Waals surface area (Å²) in [4.78, 5) is 85.8. The molecule has 65 heavy (non-hydrogen) atoms. The lowest BCUT2D eigenvalue weighted by atomic mass is 9.94. The Morgan fingerprint density at radius 2 is 0.615 bits per heavy atom. The van der Waals surface area contributed by atoms with Crippen molar-refractivity contribution in [3.63, 3.8) is 0 Å². The summed E-state index contributed by atoms with van der Waals surface area (Å²) in [6.45, 7) is -0.667. The third kappa shape index (κ3) is 9.71. The lowest BCUT2D eigenvalue weighted by Gasteiger charge is -2.18. The van der Waals surface area contributed by atoms with E-state index in [0.717, 1.165) is 47.9 Å². The molecule has 4 aliphatic carbocycles. The molecule has 2 saturated heterocycles. The Bertz CT molecular complexity index is 2090. The molecule has 6 fully saturated rings. The molecule has 10 rings (SSSR count). The molecule has 0 unspecified atom stereocenters. The predicted octanol–water partition coefficient (Wildman–Crippen LogP) is 3.84. The fraction of sp³-hybridized carbons (Fsp3) is 0.423. The molecule has 13 heteroatoms. The number of benzene rings is 4. The predicted molar refractivity (Wildman–Crippen MR) is 241 cm³/mol. The van der Waals surface area contributed by atoms with Gasteiger partial charge in [-0.3, -0.25) is 28.8 Å². The van der Waals surface area contributed by atoms with Crippen molar-refractivity contribution in [1.29, 1.82) is 0 Å². The van der Waals surface area contributed by atoms with Crippen molar-refractivity contribution < 1.29 is 33.5 Å². The molecule has 2 aliphatic heterocycles.